The molecule has 1 saturated heterocycles. The molecule has 8 nitrogen and oxygen atoms in total. The van der Waals surface area contributed by atoms with Gasteiger partial charge in [0.2, 0.25) is 6.79 Å². The summed E-state index contributed by atoms with van der Waals surface area (Å²) in [5.74, 6) is 0.663. The van der Waals surface area contributed by atoms with E-state index in [0.29, 0.717) is 30.2 Å². The monoisotopic (exact) mass is 438 g/mol. The molecule has 0 aliphatic carbocycles. The Labute approximate surface area is 175 Å². The normalized spacial score (nSPS) is 24.5. The van der Waals surface area contributed by atoms with Crippen molar-refractivity contribution in [2.24, 2.45) is 0 Å². The van der Waals surface area contributed by atoms with Crippen molar-refractivity contribution in [3.05, 3.63) is 35.5 Å². The molecule has 3 aliphatic rings. The number of ether oxygens (including phenoxy) is 3. The minimum absolute atomic E-state index is 0.0684. The van der Waals surface area contributed by atoms with Crippen molar-refractivity contribution >= 4 is 11.7 Å². The van der Waals surface area contributed by atoms with Crippen LogP contribution in [0.15, 0.2) is 24.3 Å². The van der Waals surface area contributed by atoms with Crippen LogP contribution in [0.5, 0.6) is 11.5 Å². The Morgan fingerprint density at radius 1 is 1.26 bits per heavy atom. The fraction of sp³-hybridized carbons (Fsp3) is 0.500. The summed E-state index contributed by atoms with van der Waals surface area (Å²) in [7, 11) is 0. The molecule has 31 heavy (non-hydrogen) atoms. The summed E-state index contributed by atoms with van der Waals surface area (Å²) in [4.78, 5) is 12.5. The Balaban J connectivity index is 1.39. The van der Waals surface area contributed by atoms with Crippen molar-refractivity contribution in [1.82, 2.24) is 15.1 Å². The number of alkyl halides is 3. The second-order valence-electron chi connectivity index (χ2n) is 7.81. The van der Waals surface area contributed by atoms with Gasteiger partial charge in [-0.05, 0) is 30.5 Å². The molecule has 1 amide bonds. The zero-order valence-electron chi connectivity index (χ0n) is 16.4. The molecule has 0 saturated carbocycles. The van der Waals surface area contributed by atoms with Gasteiger partial charge in [-0.25, -0.2) is 4.68 Å². The lowest BCUT2D eigenvalue weighted by atomic mass is 9.96. The van der Waals surface area contributed by atoms with Crippen LogP contribution in [-0.2, 0) is 4.74 Å². The number of fused-ring (bicyclic) bond motifs is 2. The largest absolute Gasteiger partial charge is 0.454 e. The maximum Gasteiger partial charge on any atom is 0.410 e. The van der Waals surface area contributed by atoms with Gasteiger partial charge in [-0.3, -0.25) is 4.79 Å². The minimum atomic E-state index is -4.52. The molecule has 166 valence electrons. The Hall–Kier alpha value is -2.95. The third kappa shape index (κ3) is 3.89. The van der Waals surface area contributed by atoms with Crippen LogP contribution in [0.25, 0.3) is 0 Å². The molecule has 0 bridgehead atoms. The van der Waals surface area contributed by atoms with E-state index >= 15 is 0 Å². The number of hydrogen-bond acceptors (Lipinski definition) is 6. The van der Waals surface area contributed by atoms with Crippen molar-refractivity contribution in [3.8, 4) is 11.5 Å². The van der Waals surface area contributed by atoms with Crippen molar-refractivity contribution in [2.45, 2.75) is 43.6 Å². The lowest BCUT2D eigenvalue weighted by molar-refractivity contribution is -0.173. The van der Waals surface area contributed by atoms with Crippen molar-refractivity contribution in [2.75, 3.05) is 25.3 Å². The van der Waals surface area contributed by atoms with Gasteiger partial charge in [-0.15, -0.1) is 0 Å². The van der Waals surface area contributed by atoms with Gasteiger partial charge in [0.15, 0.2) is 23.2 Å². The van der Waals surface area contributed by atoms with Gasteiger partial charge in [0, 0.05) is 25.6 Å². The number of aromatic nitrogens is 2. The molecule has 2 aromatic rings. The van der Waals surface area contributed by atoms with Crippen molar-refractivity contribution < 1.29 is 32.2 Å². The smallest absolute Gasteiger partial charge is 0.410 e. The van der Waals surface area contributed by atoms with E-state index in [1.54, 1.807) is 18.2 Å². The summed E-state index contributed by atoms with van der Waals surface area (Å²) in [6.45, 7) is 1.04. The first-order valence-electron chi connectivity index (χ1n) is 10.1. The van der Waals surface area contributed by atoms with E-state index < -0.39 is 24.2 Å². The highest BCUT2D eigenvalue weighted by Gasteiger charge is 2.47. The summed E-state index contributed by atoms with van der Waals surface area (Å²) in [5.41, 5.74) is 0.566. The van der Waals surface area contributed by atoms with E-state index in [0.717, 1.165) is 17.5 Å². The number of hydrogen-bond donors (Lipinski definition) is 2. The average Bonchev–Trinajstić information content (AvgIpc) is 3.50. The van der Waals surface area contributed by atoms with Gasteiger partial charge in [-0.2, -0.15) is 18.3 Å². The predicted octanol–water partition coefficient (Wildman–Crippen LogP) is 3.18. The average molecular weight is 438 g/mol. The van der Waals surface area contributed by atoms with Gasteiger partial charge < -0.3 is 24.8 Å². The number of rotatable bonds is 4. The molecular formula is C20H21F3N4O4. The third-order valence-corrected chi connectivity index (χ3v) is 5.74. The Kier molecular flexibility index (Phi) is 4.92. The first-order chi connectivity index (χ1) is 14.9. The van der Waals surface area contributed by atoms with Crippen LogP contribution < -0.4 is 20.1 Å². The number of amides is 1. The molecule has 0 unspecified atom stereocenters. The number of carbonyl (C=O) groups is 1. The van der Waals surface area contributed by atoms with Crippen molar-refractivity contribution in [1.29, 1.82) is 0 Å². The summed E-state index contributed by atoms with van der Waals surface area (Å²) in [6.07, 6.45) is -3.10. The van der Waals surface area contributed by atoms with Gasteiger partial charge in [0.25, 0.3) is 5.91 Å². The van der Waals surface area contributed by atoms with E-state index in [-0.39, 0.29) is 30.8 Å². The predicted molar refractivity (Wildman–Crippen MR) is 102 cm³/mol. The molecule has 4 heterocycles. The van der Waals surface area contributed by atoms with Gasteiger partial charge in [0.05, 0.1) is 12.1 Å². The van der Waals surface area contributed by atoms with Gasteiger partial charge in [0.1, 0.15) is 5.82 Å². The number of nitrogens with one attached hydrogen (secondary N) is 2. The van der Waals surface area contributed by atoms with E-state index in [9.17, 15) is 18.0 Å². The van der Waals surface area contributed by atoms with Crippen molar-refractivity contribution in [3.63, 3.8) is 0 Å². The SMILES string of the molecule is O=C(NC[C@@H]1CCCO1)c1cc2n(n1)[C@H](C(F)(F)F)C[C@@H](c1ccc3c(c1)OCO3)N2. The molecular weight excluding hydrogens is 417 g/mol. The number of benzene rings is 1. The maximum absolute atomic E-state index is 13.8. The van der Waals surface area contributed by atoms with Crippen LogP contribution in [-0.4, -0.2) is 47.9 Å². The van der Waals surface area contributed by atoms with E-state index in [1.165, 1.54) is 6.07 Å². The Morgan fingerprint density at radius 2 is 2.10 bits per heavy atom. The van der Waals surface area contributed by atoms with Crippen LogP contribution in [0.4, 0.5) is 19.0 Å². The fourth-order valence-corrected chi connectivity index (χ4v) is 4.14. The first kappa shape index (κ1) is 20.0. The fourth-order valence-electron chi connectivity index (χ4n) is 4.14. The van der Waals surface area contributed by atoms with Crippen LogP contribution in [0.3, 0.4) is 0 Å². The van der Waals surface area contributed by atoms with E-state index in [1.807, 2.05) is 0 Å². The Morgan fingerprint density at radius 3 is 2.87 bits per heavy atom. The molecule has 3 aliphatic heterocycles. The second-order valence-corrected chi connectivity index (χ2v) is 7.81. The summed E-state index contributed by atoms with van der Waals surface area (Å²) < 4.78 is 58.4. The quantitative estimate of drug-likeness (QED) is 0.763. The molecule has 3 atom stereocenters. The molecule has 11 heteroatoms. The maximum atomic E-state index is 13.8. The zero-order valence-corrected chi connectivity index (χ0v) is 16.4. The zero-order chi connectivity index (χ0) is 21.6. The lowest BCUT2D eigenvalue weighted by Gasteiger charge is -2.33. The number of nitrogens with zero attached hydrogens (tertiary/aromatic N) is 2. The standard InChI is InChI=1S/C20H21F3N4O4/c21-20(22,23)17-7-13(11-3-4-15-16(6-11)31-10-30-15)25-18-8-14(26-27(17)18)19(28)24-9-12-2-1-5-29-12/h3-4,6,8,12-13,17,25H,1-2,5,7,9-10H2,(H,24,28)/t12-,13-,17-/m0/s1. The summed E-state index contributed by atoms with van der Waals surface area (Å²) in [6, 6.07) is 3.92. The number of carbonyl (C=O) groups excluding carboxylic acids is 1. The van der Waals surface area contributed by atoms with Crippen LogP contribution >= 0.6 is 0 Å². The number of halogens is 3. The molecule has 1 aromatic carbocycles. The highest BCUT2D eigenvalue weighted by atomic mass is 19.4. The summed E-state index contributed by atoms with van der Waals surface area (Å²) >= 11 is 0. The summed E-state index contributed by atoms with van der Waals surface area (Å²) in [5, 5.41) is 9.74. The topological polar surface area (TPSA) is 86.6 Å². The second kappa shape index (κ2) is 7.63. The minimum Gasteiger partial charge on any atom is -0.454 e. The first-order valence-corrected chi connectivity index (χ1v) is 10.1. The highest BCUT2D eigenvalue weighted by molar-refractivity contribution is 5.93. The van der Waals surface area contributed by atoms with Crippen LogP contribution in [0, 0.1) is 0 Å². The molecule has 1 aromatic heterocycles. The molecule has 0 spiro atoms. The number of anilines is 1. The lowest BCUT2D eigenvalue weighted by Crippen LogP contribution is -2.36. The molecule has 2 N–H and O–H groups in total. The molecule has 0 radical (unpaired) electrons. The third-order valence-electron chi connectivity index (χ3n) is 5.74. The molecule has 1 fully saturated rings. The van der Waals surface area contributed by atoms with Gasteiger partial charge >= 0.3 is 6.18 Å². The van der Waals surface area contributed by atoms with Gasteiger partial charge in [-0.1, -0.05) is 6.07 Å². The van der Waals surface area contributed by atoms with E-state index in [2.05, 4.69) is 15.7 Å². The van der Waals surface area contributed by atoms with Crippen LogP contribution in [0.2, 0.25) is 0 Å². The van der Waals surface area contributed by atoms with E-state index in [4.69, 9.17) is 14.2 Å². The highest BCUT2D eigenvalue weighted by Crippen LogP contribution is 2.45. The Bertz CT molecular complexity index is 987. The molecule has 5 rings (SSSR count). The van der Waals surface area contributed by atoms with Crippen LogP contribution in [0.1, 0.15) is 47.4 Å².